The number of thiophene rings is 1. The fraction of sp³-hybridized carbons (Fsp3) is 0.292. The van der Waals surface area contributed by atoms with Gasteiger partial charge in [-0.3, -0.25) is 0 Å². The Labute approximate surface area is 208 Å². The van der Waals surface area contributed by atoms with Crippen LogP contribution in [0.3, 0.4) is 0 Å². The monoisotopic (exact) mass is 531 g/mol. The maximum Gasteiger partial charge on any atom is 0.416 e. The summed E-state index contributed by atoms with van der Waals surface area (Å²) in [6, 6.07) is 11.5. The van der Waals surface area contributed by atoms with Crippen LogP contribution < -0.4 is 9.84 Å². The zero-order chi connectivity index (χ0) is 25.3. The third-order valence-corrected chi connectivity index (χ3v) is 7.24. The third-order valence-electron chi connectivity index (χ3n) is 5.10. The van der Waals surface area contributed by atoms with E-state index < -0.39 is 29.4 Å². The van der Waals surface area contributed by atoms with Crippen molar-refractivity contribution in [3.8, 4) is 16.2 Å². The van der Waals surface area contributed by atoms with Crippen LogP contribution in [-0.2, 0) is 17.4 Å². The fourth-order valence-corrected chi connectivity index (χ4v) is 4.63. The summed E-state index contributed by atoms with van der Waals surface area (Å²) in [6.07, 6.45) is -4.67. The minimum absolute atomic E-state index is 0.0472. The Hall–Kier alpha value is -2.26. The summed E-state index contributed by atoms with van der Waals surface area (Å²) in [4.78, 5) is 12.4. The van der Waals surface area contributed by atoms with Gasteiger partial charge in [0.05, 0.1) is 22.7 Å². The molecule has 1 N–H and O–H groups in total. The summed E-state index contributed by atoms with van der Waals surface area (Å²) >= 11 is 13.8. The first-order chi connectivity index (χ1) is 15.8. The number of ether oxygens (including phenoxy) is 1. The van der Waals surface area contributed by atoms with Gasteiger partial charge in [0.1, 0.15) is 16.4 Å². The van der Waals surface area contributed by atoms with E-state index in [0.717, 1.165) is 12.1 Å². The maximum atomic E-state index is 13.0. The van der Waals surface area contributed by atoms with Gasteiger partial charge in [-0.25, -0.2) is 0 Å². The van der Waals surface area contributed by atoms with Crippen LogP contribution in [0.5, 0.6) is 5.75 Å². The van der Waals surface area contributed by atoms with Crippen LogP contribution in [0.4, 0.5) is 13.2 Å². The number of carboxylic acids is 1. The van der Waals surface area contributed by atoms with Crippen LogP contribution in [0.1, 0.15) is 42.4 Å². The first kappa shape index (κ1) is 26.3. The van der Waals surface area contributed by atoms with Gasteiger partial charge in [-0.15, -0.1) is 11.3 Å². The van der Waals surface area contributed by atoms with Crippen molar-refractivity contribution < 1.29 is 32.9 Å². The standard InChI is InChI=1S/C24H21Cl2F3O4S/c1-23(2,22(31)32)33-17-9-7-13(20(25)21(17)26)6-8-16(30)19-11-10-18(34-19)14-4-3-5-15(12-14)24(27,28)29/h3-5,7,9-12,16,30H,6,8H2,1-2H3,(H,31,32)/p-1. The number of carbonyl (C=O) groups is 1. The van der Waals surface area contributed by atoms with Crippen LogP contribution >= 0.6 is 34.5 Å². The van der Waals surface area contributed by atoms with E-state index in [4.69, 9.17) is 27.9 Å². The fourth-order valence-electron chi connectivity index (χ4n) is 3.13. The lowest BCUT2D eigenvalue weighted by Gasteiger charge is -2.28. The van der Waals surface area contributed by atoms with Crippen LogP contribution in [0.15, 0.2) is 48.5 Å². The molecule has 0 saturated carbocycles. The second kappa shape index (κ2) is 10.2. The van der Waals surface area contributed by atoms with Gasteiger partial charge in [0, 0.05) is 9.75 Å². The number of hydrogen-bond donors (Lipinski definition) is 1. The summed E-state index contributed by atoms with van der Waals surface area (Å²) in [5.74, 6) is -1.32. The Morgan fingerprint density at radius 2 is 1.82 bits per heavy atom. The molecule has 0 aliphatic carbocycles. The van der Waals surface area contributed by atoms with Crippen molar-refractivity contribution in [2.75, 3.05) is 0 Å². The molecule has 1 unspecified atom stereocenters. The lowest BCUT2D eigenvalue weighted by atomic mass is 10.0. The number of aliphatic carboxylic acids is 1. The second-order valence-corrected chi connectivity index (χ2v) is 9.96. The van der Waals surface area contributed by atoms with Crippen LogP contribution in [-0.4, -0.2) is 16.7 Å². The summed E-state index contributed by atoms with van der Waals surface area (Å²) in [5.41, 5.74) is -1.30. The van der Waals surface area contributed by atoms with E-state index in [1.807, 2.05) is 0 Å². The van der Waals surface area contributed by atoms with Crippen molar-refractivity contribution in [1.82, 2.24) is 0 Å². The van der Waals surface area contributed by atoms with Crippen molar-refractivity contribution in [2.24, 2.45) is 0 Å². The summed E-state index contributed by atoms with van der Waals surface area (Å²) < 4.78 is 44.4. The highest BCUT2D eigenvalue weighted by Crippen LogP contribution is 2.39. The molecule has 0 aliphatic heterocycles. The topological polar surface area (TPSA) is 69.6 Å². The number of aliphatic hydroxyl groups excluding tert-OH is 1. The number of aryl methyl sites for hydroxylation is 1. The average molecular weight is 532 g/mol. The molecular weight excluding hydrogens is 512 g/mol. The molecule has 1 aromatic heterocycles. The molecule has 3 rings (SSSR count). The SMILES string of the molecule is CC(C)(Oc1ccc(CCC(O)c2ccc(-c3cccc(C(F)(F)F)c3)s2)c(Cl)c1Cl)C(=O)[O-]. The molecular formula is C24H20Cl2F3O4S-. The van der Waals surface area contributed by atoms with E-state index >= 15 is 0 Å². The molecule has 4 nitrogen and oxygen atoms in total. The van der Waals surface area contributed by atoms with E-state index in [1.165, 1.54) is 37.3 Å². The quantitative estimate of drug-likeness (QED) is 0.369. The molecule has 0 fully saturated rings. The molecule has 34 heavy (non-hydrogen) atoms. The maximum absolute atomic E-state index is 13.0. The van der Waals surface area contributed by atoms with E-state index in [2.05, 4.69) is 0 Å². The lowest BCUT2D eigenvalue weighted by Crippen LogP contribution is -2.48. The number of halogens is 5. The van der Waals surface area contributed by atoms with Crippen molar-refractivity contribution in [3.63, 3.8) is 0 Å². The van der Waals surface area contributed by atoms with Gasteiger partial charge in [0.25, 0.3) is 0 Å². The van der Waals surface area contributed by atoms with Gasteiger partial charge >= 0.3 is 6.18 Å². The molecule has 0 spiro atoms. The summed E-state index contributed by atoms with van der Waals surface area (Å²) in [5, 5.41) is 22.0. The van der Waals surface area contributed by atoms with E-state index in [1.54, 1.807) is 24.3 Å². The first-order valence-corrected chi connectivity index (χ1v) is 11.7. The number of carbonyl (C=O) groups excluding carboxylic acids is 1. The van der Waals surface area contributed by atoms with Gasteiger partial charge < -0.3 is 19.7 Å². The van der Waals surface area contributed by atoms with E-state index in [9.17, 15) is 28.2 Å². The summed E-state index contributed by atoms with van der Waals surface area (Å²) in [7, 11) is 0. The first-order valence-electron chi connectivity index (χ1n) is 10.1. The molecule has 10 heteroatoms. The van der Waals surface area contributed by atoms with Crippen LogP contribution in [0, 0.1) is 0 Å². The highest BCUT2D eigenvalue weighted by molar-refractivity contribution is 7.15. The third kappa shape index (κ3) is 6.05. The zero-order valence-electron chi connectivity index (χ0n) is 18.1. The molecule has 1 heterocycles. The number of alkyl halides is 3. The molecule has 2 aromatic carbocycles. The van der Waals surface area contributed by atoms with E-state index in [-0.39, 0.29) is 22.2 Å². The molecule has 0 amide bonds. The smallest absolute Gasteiger partial charge is 0.416 e. The van der Waals surface area contributed by atoms with Crippen LogP contribution in [0.2, 0.25) is 10.0 Å². The average Bonchev–Trinajstić information content (AvgIpc) is 3.26. The highest BCUT2D eigenvalue weighted by Gasteiger charge is 2.30. The Kier molecular flexibility index (Phi) is 7.87. The minimum atomic E-state index is -4.43. The van der Waals surface area contributed by atoms with Crippen molar-refractivity contribution in [1.29, 1.82) is 0 Å². The van der Waals surface area contributed by atoms with Gasteiger partial charge in [-0.05, 0) is 68.1 Å². The number of aliphatic hydroxyl groups is 1. The van der Waals surface area contributed by atoms with Crippen molar-refractivity contribution >= 4 is 40.5 Å². The minimum Gasteiger partial charge on any atom is -0.546 e. The van der Waals surface area contributed by atoms with Crippen molar-refractivity contribution in [3.05, 3.63) is 74.6 Å². The Balaban J connectivity index is 1.70. The molecule has 0 bridgehead atoms. The predicted octanol–water partition coefficient (Wildman–Crippen LogP) is 6.31. The molecule has 3 aromatic rings. The van der Waals surface area contributed by atoms with Gasteiger partial charge in [0.2, 0.25) is 0 Å². The molecule has 0 saturated heterocycles. The second-order valence-electron chi connectivity index (χ2n) is 8.09. The molecule has 1 atom stereocenters. The van der Waals surface area contributed by atoms with Gasteiger partial charge in [-0.2, -0.15) is 13.2 Å². The number of rotatable bonds is 8. The van der Waals surface area contributed by atoms with Crippen LogP contribution in [0.25, 0.3) is 10.4 Å². The summed E-state index contributed by atoms with van der Waals surface area (Å²) in [6.45, 7) is 2.65. The normalized spacial score (nSPS) is 13.1. The zero-order valence-corrected chi connectivity index (χ0v) is 20.4. The Bertz CT molecular complexity index is 1190. The number of carboxylic acid groups (broad SMARTS) is 1. The van der Waals surface area contributed by atoms with Gasteiger partial charge in [0.15, 0.2) is 0 Å². The predicted molar refractivity (Wildman–Crippen MR) is 124 cm³/mol. The largest absolute Gasteiger partial charge is 0.546 e. The molecule has 182 valence electrons. The van der Waals surface area contributed by atoms with Crippen molar-refractivity contribution in [2.45, 2.75) is 44.6 Å². The Morgan fingerprint density at radius 1 is 1.12 bits per heavy atom. The molecule has 0 aliphatic rings. The Morgan fingerprint density at radius 3 is 2.47 bits per heavy atom. The van der Waals surface area contributed by atoms with Gasteiger partial charge in [-0.1, -0.05) is 41.4 Å². The highest BCUT2D eigenvalue weighted by atomic mass is 35.5. The number of hydrogen-bond acceptors (Lipinski definition) is 5. The number of benzene rings is 2. The van der Waals surface area contributed by atoms with E-state index in [0.29, 0.717) is 27.3 Å². The molecule has 0 radical (unpaired) electrons. The lowest BCUT2D eigenvalue weighted by molar-refractivity contribution is -0.320.